The van der Waals surface area contributed by atoms with E-state index in [2.05, 4.69) is 18.3 Å². The van der Waals surface area contributed by atoms with Crippen LogP contribution in [-0.2, 0) is 12.8 Å². The van der Waals surface area contributed by atoms with E-state index in [0.29, 0.717) is 22.2 Å². The molecular weight excluding hydrogens is 370 g/mol. The highest BCUT2D eigenvalue weighted by atomic mass is 32.1. The zero-order valence-electron chi connectivity index (χ0n) is 16.5. The molecule has 1 aromatic carbocycles. The number of thiophene rings is 1. The highest BCUT2D eigenvalue weighted by Crippen LogP contribution is 2.37. The molecule has 5 nitrogen and oxygen atoms in total. The molecule has 1 aliphatic carbocycles. The number of amides is 1. The van der Waals surface area contributed by atoms with Crippen molar-refractivity contribution in [1.29, 1.82) is 0 Å². The Hall–Kier alpha value is -2.60. The Balaban J connectivity index is 1.67. The molecule has 0 saturated heterocycles. The van der Waals surface area contributed by atoms with E-state index < -0.39 is 0 Å². The summed E-state index contributed by atoms with van der Waals surface area (Å²) in [5, 5.41) is 3.87. The summed E-state index contributed by atoms with van der Waals surface area (Å²) in [6.07, 6.45) is 4.43. The first-order chi connectivity index (χ1) is 13.5. The summed E-state index contributed by atoms with van der Waals surface area (Å²) in [6.45, 7) is 4.19. The van der Waals surface area contributed by atoms with Crippen molar-refractivity contribution in [3.8, 4) is 5.75 Å². The number of anilines is 2. The molecule has 1 aliphatic rings. The zero-order valence-corrected chi connectivity index (χ0v) is 17.3. The minimum Gasteiger partial charge on any atom is -0.497 e. The molecule has 146 valence electrons. The van der Waals surface area contributed by atoms with Crippen LogP contribution in [0.15, 0.2) is 24.3 Å². The van der Waals surface area contributed by atoms with Gasteiger partial charge in [-0.2, -0.15) is 0 Å². The molecule has 2 heterocycles. The van der Waals surface area contributed by atoms with Crippen molar-refractivity contribution in [2.75, 3.05) is 18.2 Å². The van der Waals surface area contributed by atoms with E-state index in [1.54, 1.807) is 7.11 Å². The Bertz CT molecular complexity index is 1060. The van der Waals surface area contributed by atoms with E-state index in [0.717, 1.165) is 40.0 Å². The average molecular weight is 396 g/mol. The number of nitrogen functional groups attached to an aromatic ring is 1. The number of hydrogen-bond donors (Lipinski definition) is 2. The maximum Gasteiger partial charge on any atom is 0.267 e. The summed E-state index contributed by atoms with van der Waals surface area (Å²) in [5.74, 6) is 1.21. The number of nitrogens with two attached hydrogens (primary N) is 1. The highest BCUT2D eigenvalue weighted by molar-refractivity contribution is 7.21. The van der Waals surface area contributed by atoms with Gasteiger partial charge in [0.1, 0.15) is 15.5 Å². The minimum atomic E-state index is -0.207. The minimum absolute atomic E-state index is 0.207. The van der Waals surface area contributed by atoms with E-state index >= 15 is 0 Å². The van der Waals surface area contributed by atoms with Crippen LogP contribution < -0.4 is 15.8 Å². The average Bonchev–Trinajstić information content (AvgIpc) is 3.03. The molecular formula is C22H25N3O2S. The second kappa shape index (κ2) is 7.43. The summed E-state index contributed by atoms with van der Waals surface area (Å²) in [5.41, 5.74) is 11.0. The van der Waals surface area contributed by atoms with Gasteiger partial charge in [0.2, 0.25) is 0 Å². The Labute approximate surface area is 168 Å². The molecule has 0 unspecified atom stereocenters. The zero-order chi connectivity index (χ0) is 19.8. The molecule has 28 heavy (non-hydrogen) atoms. The van der Waals surface area contributed by atoms with E-state index in [4.69, 9.17) is 15.5 Å². The molecule has 3 aromatic rings. The number of hydrogen-bond acceptors (Lipinski definition) is 5. The lowest BCUT2D eigenvalue weighted by Crippen LogP contribution is -2.14. The van der Waals surface area contributed by atoms with Crippen LogP contribution in [0.4, 0.5) is 11.4 Å². The van der Waals surface area contributed by atoms with Gasteiger partial charge >= 0.3 is 0 Å². The number of benzene rings is 1. The van der Waals surface area contributed by atoms with Gasteiger partial charge in [-0.15, -0.1) is 11.3 Å². The number of nitrogens with zero attached hydrogens (tertiary/aromatic N) is 1. The number of aryl methyl sites for hydroxylation is 2. The first kappa shape index (κ1) is 18.7. The molecule has 0 radical (unpaired) electrons. The number of carbonyl (C=O) groups excluding carboxylic acids is 1. The van der Waals surface area contributed by atoms with E-state index in [-0.39, 0.29) is 5.91 Å². The Morgan fingerprint density at radius 2 is 2.21 bits per heavy atom. The maximum absolute atomic E-state index is 12.9. The van der Waals surface area contributed by atoms with Gasteiger partial charge < -0.3 is 15.8 Å². The van der Waals surface area contributed by atoms with Gasteiger partial charge in [0.05, 0.1) is 12.8 Å². The van der Waals surface area contributed by atoms with Crippen LogP contribution in [0.5, 0.6) is 5.75 Å². The molecule has 2 aromatic heterocycles. The molecule has 0 aliphatic heterocycles. The number of pyridine rings is 1. The number of carbonyl (C=O) groups is 1. The van der Waals surface area contributed by atoms with Crippen LogP contribution in [0.3, 0.4) is 0 Å². The molecule has 3 N–H and O–H groups in total. The van der Waals surface area contributed by atoms with E-state index in [1.165, 1.54) is 29.7 Å². The second-order valence-corrected chi connectivity index (χ2v) is 8.44. The first-order valence-electron chi connectivity index (χ1n) is 9.66. The summed E-state index contributed by atoms with van der Waals surface area (Å²) < 4.78 is 5.26. The molecule has 1 amide bonds. The summed E-state index contributed by atoms with van der Waals surface area (Å²) in [6, 6.07) is 7.76. The molecule has 0 spiro atoms. The van der Waals surface area contributed by atoms with Crippen LogP contribution in [0.1, 0.15) is 46.3 Å². The smallest absolute Gasteiger partial charge is 0.267 e. The fraction of sp³-hybridized carbons (Fsp3) is 0.364. The van der Waals surface area contributed by atoms with Crippen molar-refractivity contribution in [1.82, 2.24) is 4.98 Å². The van der Waals surface area contributed by atoms with Gasteiger partial charge in [-0.3, -0.25) is 4.79 Å². The third-order valence-corrected chi connectivity index (χ3v) is 6.78. The number of methoxy groups -OCH3 is 1. The monoisotopic (exact) mass is 395 g/mol. The van der Waals surface area contributed by atoms with Gasteiger partial charge in [0.25, 0.3) is 5.91 Å². The Morgan fingerprint density at radius 1 is 1.39 bits per heavy atom. The topological polar surface area (TPSA) is 77.2 Å². The van der Waals surface area contributed by atoms with Crippen molar-refractivity contribution < 1.29 is 9.53 Å². The third-order valence-electron chi connectivity index (χ3n) is 5.66. The van der Waals surface area contributed by atoms with E-state index in [9.17, 15) is 4.79 Å². The molecule has 0 saturated carbocycles. The maximum atomic E-state index is 12.9. The normalized spacial score (nSPS) is 16.0. The van der Waals surface area contributed by atoms with Crippen molar-refractivity contribution in [2.45, 2.75) is 39.5 Å². The fourth-order valence-corrected chi connectivity index (χ4v) is 4.82. The number of rotatable bonds is 4. The third kappa shape index (κ3) is 3.33. The standard InChI is InChI=1S/C22H25N3O2S/c1-4-13-6-8-17-14(9-13)10-16-19(23)20(28-22(16)25-17)21(26)24-18-11-15(27-3)7-5-12(18)2/h5,7,10-11,13H,4,6,8-9,23H2,1-3H3,(H,24,26)/t13-/m0/s1. The summed E-state index contributed by atoms with van der Waals surface area (Å²) in [7, 11) is 1.61. The lowest BCUT2D eigenvalue weighted by molar-refractivity contribution is 0.103. The number of aromatic nitrogens is 1. The lowest BCUT2D eigenvalue weighted by Gasteiger charge is -2.22. The van der Waals surface area contributed by atoms with Crippen LogP contribution in [0.2, 0.25) is 0 Å². The van der Waals surface area contributed by atoms with Crippen molar-refractivity contribution in [3.63, 3.8) is 0 Å². The lowest BCUT2D eigenvalue weighted by atomic mass is 9.85. The Morgan fingerprint density at radius 3 is 2.96 bits per heavy atom. The number of ether oxygens (including phenoxy) is 1. The van der Waals surface area contributed by atoms with Crippen molar-refractivity contribution in [3.05, 3.63) is 46.0 Å². The van der Waals surface area contributed by atoms with Gasteiger partial charge in [0.15, 0.2) is 0 Å². The predicted octanol–water partition coefficient (Wildman–Crippen LogP) is 4.96. The highest BCUT2D eigenvalue weighted by Gasteiger charge is 2.23. The van der Waals surface area contributed by atoms with Gasteiger partial charge in [-0.1, -0.05) is 19.4 Å². The second-order valence-electron chi connectivity index (χ2n) is 7.44. The van der Waals surface area contributed by atoms with Gasteiger partial charge in [0, 0.05) is 22.8 Å². The predicted molar refractivity (Wildman–Crippen MR) is 116 cm³/mol. The number of nitrogens with one attached hydrogen (secondary N) is 1. The van der Waals surface area contributed by atoms with Crippen LogP contribution in [0, 0.1) is 12.8 Å². The molecule has 4 rings (SSSR count). The Kier molecular flexibility index (Phi) is 4.98. The van der Waals surface area contributed by atoms with E-state index in [1.807, 2.05) is 25.1 Å². The van der Waals surface area contributed by atoms with Crippen LogP contribution in [0.25, 0.3) is 10.2 Å². The molecule has 0 bridgehead atoms. The fourth-order valence-electron chi connectivity index (χ4n) is 3.82. The molecule has 6 heteroatoms. The SMILES string of the molecule is CC[C@H]1CCc2nc3sc(C(=O)Nc4cc(OC)ccc4C)c(N)c3cc2C1. The number of fused-ring (bicyclic) bond motifs is 2. The summed E-state index contributed by atoms with van der Waals surface area (Å²) in [4.78, 5) is 19.1. The van der Waals surface area contributed by atoms with Gasteiger partial charge in [-0.25, -0.2) is 4.98 Å². The van der Waals surface area contributed by atoms with Crippen molar-refractivity contribution in [2.24, 2.45) is 5.92 Å². The molecule has 1 atom stereocenters. The summed E-state index contributed by atoms with van der Waals surface area (Å²) >= 11 is 1.37. The van der Waals surface area contributed by atoms with Crippen molar-refractivity contribution >= 4 is 38.8 Å². The first-order valence-corrected chi connectivity index (χ1v) is 10.5. The largest absolute Gasteiger partial charge is 0.497 e. The van der Waals surface area contributed by atoms with Gasteiger partial charge in [-0.05, 0) is 55.4 Å². The van der Waals surface area contributed by atoms with Crippen LogP contribution >= 0.6 is 11.3 Å². The quantitative estimate of drug-likeness (QED) is 0.654. The molecule has 0 fully saturated rings. The van der Waals surface area contributed by atoms with Crippen LogP contribution in [-0.4, -0.2) is 18.0 Å².